The molecular formula is C20H46N3O+. The van der Waals surface area contributed by atoms with Gasteiger partial charge in [0.1, 0.15) is 6.54 Å². The van der Waals surface area contributed by atoms with Crippen molar-refractivity contribution in [3.63, 3.8) is 0 Å². The van der Waals surface area contributed by atoms with Crippen molar-refractivity contribution >= 4 is 0 Å². The normalized spacial score (nSPS) is 20.0. The maximum atomic E-state index is 8.39. The third-order valence-electron chi connectivity index (χ3n) is 4.45. The van der Waals surface area contributed by atoms with E-state index in [0.717, 1.165) is 23.1 Å². The number of rotatable bonds is 4. The highest BCUT2D eigenvalue weighted by Crippen LogP contribution is 2.22. The molecule has 2 aliphatic rings. The molecule has 0 amide bonds. The molecule has 2 saturated carbocycles. The second-order valence-corrected chi connectivity index (χ2v) is 8.92. The van der Waals surface area contributed by atoms with Gasteiger partial charge in [-0.15, -0.1) is 0 Å². The summed E-state index contributed by atoms with van der Waals surface area (Å²) in [6, 6.07) is 1.74. The molecule has 0 bridgehead atoms. The topological polar surface area (TPSA) is 35.5 Å². The molecule has 0 aromatic heterocycles. The number of aliphatic hydroxyl groups excluding tert-OH is 1. The lowest BCUT2D eigenvalue weighted by molar-refractivity contribution is -0.870. The maximum Gasteiger partial charge on any atom is 0.101 e. The zero-order chi connectivity index (χ0) is 18.4. The van der Waals surface area contributed by atoms with Crippen LogP contribution in [-0.4, -0.2) is 82.0 Å². The van der Waals surface area contributed by atoms with E-state index in [1.807, 2.05) is 26.0 Å². The van der Waals surface area contributed by atoms with Crippen molar-refractivity contribution in [1.82, 2.24) is 10.2 Å². The Labute approximate surface area is 152 Å². The molecule has 2 aliphatic carbocycles. The summed E-state index contributed by atoms with van der Waals surface area (Å²) < 4.78 is 0.844. The molecule has 2 N–H and O–H groups in total. The molecule has 2 rings (SSSR count). The number of nitrogens with zero attached hydrogens (tertiary/aromatic N) is 2. The van der Waals surface area contributed by atoms with Crippen LogP contribution in [0.1, 0.15) is 64.2 Å². The van der Waals surface area contributed by atoms with Gasteiger partial charge in [-0.05, 0) is 46.8 Å². The molecule has 0 aromatic carbocycles. The van der Waals surface area contributed by atoms with Gasteiger partial charge < -0.3 is 19.8 Å². The van der Waals surface area contributed by atoms with E-state index in [2.05, 4.69) is 26.5 Å². The van der Waals surface area contributed by atoms with E-state index in [9.17, 15) is 0 Å². The van der Waals surface area contributed by atoms with Crippen LogP contribution in [-0.2, 0) is 0 Å². The molecule has 0 radical (unpaired) electrons. The van der Waals surface area contributed by atoms with Crippen LogP contribution in [0.5, 0.6) is 0 Å². The largest absolute Gasteiger partial charge is 0.391 e. The summed E-state index contributed by atoms with van der Waals surface area (Å²) in [6.07, 6.45) is 14.6. The maximum absolute atomic E-state index is 8.39. The monoisotopic (exact) mass is 344 g/mol. The fraction of sp³-hybridized carbons (Fsp3) is 1.00. The average molecular weight is 345 g/mol. The highest BCUT2D eigenvalue weighted by Gasteiger charge is 2.19. The predicted octanol–water partition coefficient (Wildman–Crippen LogP) is 3.10. The predicted molar refractivity (Wildman–Crippen MR) is 106 cm³/mol. The molecule has 0 spiro atoms. The summed E-state index contributed by atoms with van der Waals surface area (Å²) in [5, 5.41) is 12.2. The Morgan fingerprint density at radius 1 is 0.792 bits per heavy atom. The van der Waals surface area contributed by atoms with Crippen LogP contribution in [0.3, 0.4) is 0 Å². The first-order valence-corrected chi connectivity index (χ1v) is 10.0. The van der Waals surface area contributed by atoms with Crippen LogP contribution in [0.4, 0.5) is 0 Å². The smallest absolute Gasteiger partial charge is 0.101 e. The Morgan fingerprint density at radius 3 is 1.33 bits per heavy atom. The third-order valence-corrected chi connectivity index (χ3v) is 4.45. The standard InChI is InChI=1S/C12H23N.C5H14NO.C3H9N/c1-3-7-11(8-4-1)13-12-9-5-2-6-10-12;1-6(2,3)4-5-7;1-4(2)3/h11-13H,1-10H2;7H,4-5H2,1-3H3;1-3H3/q;+1;. The fourth-order valence-corrected chi connectivity index (χ4v) is 3.17. The first-order chi connectivity index (χ1) is 11.2. The fourth-order valence-electron chi connectivity index (χ4n) is 3.17. The van der Waals surface area contributed by atoms with E-state index < -0.39 is 0 Å². The van der Waals surface area contributed by atoms with E-state index >= 15 is 0 Å². The van der Waals surface area contributed by atoms with Gasteiger partial charge in [-0.1, -0.05) is 38.5 Å². The first kappa shape index (κ1) is 23.8. The van der Waals surface area contributed by atoms with Crippen molar-refractivity contribution in [1.29, 1.82) is 0 Å². The molecular weight excluding hydrogens is 298 g/mol. The van der Waals surface area contributed by atoms with Crippen molar-refractivity contribution in [2.45, 2.75) is 76.3 Å². The van der Waals surface area contributed by atoms with Crippen LogP contribution in [0.15, 0.2) is 0 Å². The Morgan fingerprint density at radius 2 is 1.12 bits per heavy atom. The van der Waals surface area contributed by atoms with Crippen molar-refractivity contribution in [3.05, 3.63) is 0 Å². The van der Waals surface area contributed by atoms with Crippen LogP contribution < -0.4 is 5.32 Å². The lowest BCUT2D eigenvalue weighted by atomic mass is 9.91. The molecule has 4 heteroatoms. The molecule has 0 atom stereocenters. The Hall–Kier alpha value is -0.160. The van der Waals surface area contributed by atoms with Gasteiger partial charge in [-0.2, -0.15) is 0 Å². The van der Waals surface area contributed by atoms with Crippen LogP contribution in [0, 0.1) is 0 Å². The second kappa shape index (κ2) is 14.1. The van der Waals surface area contributed by atoms with Gasteiger partial charge in [-0.25, -0.2) is 0 Å². The quantitative estimate of drug-likeness (QED) is 0.769. The lowest BCUT2D eigenvalue weighted by Crippen LogP contribution is -2.40. The number of nitrogens with one attached hydrogen (secondary N) is 1. The minimum absolute atomic E-state index is 0.281. The molecule has 4 nitrogen and oxygen atoms in total. The minimum atomic E-state index is 0.281. The Balaban J connectivity index is 0.000000408. The van der Waals surface area contributed by atoms with Crippen LogP contribution in [0.2, 0.25) is 0 Å². The summed E-state index contributed by atoms with van der Waals surface area (Å²) >= 11 is 0. The summed E-state index contributed by atoms with van der Waals surface area (Å²) in [5.74, 6) is 0. The number of aliphatic hydroxyl groups is 1. The first-order valence-electron chi connectivity index (χ1n) is 10.0. The SMILES string of the molecule is C1CCC(NC2CCCCC2)CC1.CN(C)C.C[N+](C)(C)CCO. The molecule has 24 heavy (non-hydrogen) atoms. The van der Waals surface area contributed by atoms with Gasteiger partial charge in [0, 0.05) is 12.1 Å². The van der Waals surface area contributed by atoms with Gasteiger partial charge in [0.25, 0.3) is 0 Å². The number of likely N-dealkylation sites (N-methyl/N-ethyl adjacent to an activating group) is 1. The molecule has 2 fully saturated rings. The Bertz CT molecular complexity index is 246. The number of hydrogen-bond acceptors (Lipinski definition) is 3. The summed E-state index contributed by atoms with van der Waals surface area (Å²) in [5.41, 5.74) is 0. The highest BCUT2D eigenvalue weighted by atomic mass is 16.3. The van der Waals surface area contributed by atoms with E-state index in [1.54, 1.807) is 0 Å². The minimum Gasteiger partial charge on any atom is -0.391 e. The van der Waals surface area contributed by atoms with Crippen LogP contribution in [0.25, 0.3) is 0 Å². The number of quaternary nitrogens is 1. The van der Waals surface area contributed by atoms with Crippen molar-refractivity contribution < 1.29 is 9.59 Å². The lowest BCUT2D eigenvalue weighted by Gasteiger charge is -2.30. The van der Waals surface area contributed by atoms with Crippen LogP contribution >= 0.6 is 0 Å². The number of hydrogen-bond donors (Lipinski definition) is 2. The zero-order valence-corrected chi connectivity index (χ0v) is 17.5. The Kier molecular flexibility index (Phi) is 14.0. The third kappa shape index (κ3) is 16.7. The zero-order valence-electron chi connectivity index (χ0n) is 17.5. The highest BCUT2D eigenvalue weighted by molar-refractivity contribution is 4.79. The molecule has 146 valence electrons. The molecule has 0 saturated heterocycles. The van der Waals surface area contributed by atoms with E-state index in [-0.39, 0.29) is 6.61 Å². The van der Waals surface area contributed by atoms with Gasteiger partial charge in [0.15, 0.2) is 0 Å². The summed E-state index contributed by atoms with van der Waals surface area (Å²) in [7, 11) is 12.2. The summed E-state index contributed by atoms with van der Waals surface area (Å²) in [4.78, 5) is 2.00. The summed E-state index contributed by atoms with van der Waals surface area (Å²) in [6.45, 7) is 1.11. The molecule has 0 aromatic rings. The van der Waals surface area contributed by atoms with E-state index in [4.69, 9.17) is 5.11 Å². The van der Waals surface area contributed by atoms with Gasteiger partial charge in [-0.3, -0.25) is 0 Å². The van der Waals surface area contributed by atoms with Crippen molar-refractivity contribution in [3.8, 4) is 0 Å². The van der Waals surface area contributed by atoms with Crippen molar-refractivity contribution in [2.75, 3.05) is 55.4 Å². The molecule has 0 unspecified atom stereocenters. The van der Waals surface area contributed by atoms with Gasteiger partial charge in [0.05, 0.1) is 27.7 Å². The second-order valence-electron chi connectivity index (χ2n) is 8.92. The average Bonchev–Trinajstić information content (AvgIpc) is 2.48. The van der Waals surface area contributed by atoms with Gasteiger partial charge >= 0.3 is 0 Å². The van der Waals surface area contributed by atoms with Crippen molar-refractivity contribution in [2.24, 2.45) is 0 Å². The van der Waals surface area contributed by atoms with Gasteiger partial charge in [0.2, 0.25) is 0 Å². The van der Waals surface area contributed by atoms with E-state index in [0.29, 0.717) is 0 Å². The molecule has 0 heterocycles. The molecule has 0 aliphatic heterocycles. The van der Waals surface area contributed by atoms with E-state index in [1.165, 1.54) is 64.2 Å².